The van der Waals surface area contributed by atoms with Gasteiger partial charge in [-0.05, 0) is 83.1 Å². The minimum atomic E-state index is -0.559. The first kappa shape index (κ1) is 35.6. The highest BCUT2D eigenvalue weighted by Gasteiger charge is 2.24. The molecule has 0 aliphatic rings. The molecule has 6 aromatic rings. The van der Waals surface area contributed by atoms with Gasteiger partial charge in [0.25, 0.3) is 11.8 Å². The van der Waals surface area contributed by atoms with Crippen LogP contribution in [0, 0.1) is 6.92 Å². The maximum absolute atomic E-state index is 13.9. The number of benzene rings is 6. The van der Waals surface area contributed by atoms with E-state index in [2.05, 4.69) is 22.9 Å². The maximum Gasteiger partial charge on any atom is 0.272 e. The number of carbonyl (C=O) groups is 3. The van der Waals surface area contributed by atoms with Gasteiger partial charge in [0.1, 0.15) is 10.9 Å². The maximum atomic E-state index is 13.9. The monoisotopic (exact) mass is 701 g/mol. The lowest BCUT2D eigenvalue weighted by atomic mass is 10.0. The van der Waals surface area contributed by atoms with E-state index in [1.165, 1.54) is 11.8 Å². The second-order valence-corrected chi connectivity index (χ2v) is 13.4. The molecule has 52 heavy (non-hydrogen) atoms. The number of amides is 3. The molecule has 3 amide bonds. The zero-order chi connectivity index (χ0) is 36.3. The molecular weight excluding hydrogens is 663 g/mol. The van der Waals surface area contributed by atoms with E-state index in [1.54, 1.807) is 36.4 Å². The lowest BCUT2D eigenvalue weighted by Gasteiger charge is -2.20. The highest BCUT2D eigenvalue weighted by molar-refractivity contribution is 8.00. The lowest BCUT2D eigenvalue weighted by molar-refractivity contribution is -0.116. The summed E-state index contributed by atoms with van der Waals surface area (Å²) in [5, 5.41) is 8.43. The summed E-state index contributed by atoms with van der Waals surface area (Å²) in [5.41, 5.74) is 7.69. The molecule has 0 fully saturated rings. The van der Waals surface area contributed by atoms with E-state index in [0.717, 1.165) is 50.4 Å². The second kappa shape index (κ2) is 17.2. The summed E-state index contributed by atoms with van der Waals surface area (Å²) in [4.78, 5) is 41.8. The molecule has 6 rings (SSSR count). The van der Waals surface area contributed by atoms with Crippen LogP contribution in [0.4, 0.5) is 11.4 Å². The van der Waals surface area contributed by atoms with Crippen molar-refractivity contribution >= 4 is 46.9 Å². The molecule has 0 saturated heterocycles. The van der Waals surface area contributed by atoms with Crippen molar-refractivity contribution in [1.82, 2.24) is 5.32 Å². The summed E-state index contributed by atoms with van der Waals surface area (Å²) in [6.45, 7) is 4.07. The van der Waals surface area contributed by atoms with Gasteiger partial charge in [0.05, 0.1) is 0 Å². The summed E-state index contributed by atoms with van der Waals surface area (Å²) < 4.78 is 0. The molecule has 0 bridgehead atoms. The quantitative estimate of drug-likeness (QED) is 0.0876. The van der Waals surface area contributed by atoms with Crippen LogP contribution in [0.3, 0.4) is 0 Å². The fourth-order valence-electron chi connectivity index (χ4n) is 5.78. The van der Waals surface area contributed by atoms with Gasteiger partial charge in [-0.3, -0.25) is 14.4 Å². The van der Waals surface area contributed by atoms with Crippen molar-refractivity contribution in [2.75, 3.05) is 10.6 Å². The van der Waals surface area contributed by atoms with Crippen molar-refractivity contribution in [3.63, 3.8) is 0 Å². The number of rotatable bonds is 12. The van der Waals surface area contributed by atoms with Crippen LogP contribution >= 0.6 is 11.8 Å². The van der Waals surface area contributed by atoms with Crippen molar-refractivity contribution in [1.29, 1.82) is 0 Å². The van der Waals surface area contributed by atoms with Crippen LogP contribution in [0.2, 0.25) is 0 Å². The molecule has 0 saturated carbocycles. The van der Waals surface area contributed by atoms with Crippen LogP contribution in [0.15, 0.2) is 168 Å². The third-order valence-corrected chi connectivity index (χ3v) is 9.78. The van der Waals surface area contributed by atoms with Gasteiger partial charge in [-0.1, -0.05) is 134 Å². The van der Waals surface area contributed by atoms with Crippen molar-refractivity contribution < 1.29 is 14.4 Å². The van der Waals surface area contributed by atoms with Crippen LogP contribution in [0.5, 0.6) is 0 Å². The average molecular weight is 702 g/mol. The average Bonchev–Trinajstić information content (AvgIpc) is 3.18. The minimum Gasteiger partial charge on any atom is -0.324 e. The van der Waals surface area contributed by atoms with Gasteiger partial charge < -0.3 is 16.0 Å². The number of thioether (sulfide) groups is 1. The van der Waals surface area contributed by atoms with Crippen LogP contribution in [0.1, 0.15) is 44.8 Å². The van der Waals surface area contributed by atoms with E-state index < -0.39 is 17.1 Å². The van der Waals surface area contributed by atoms with Crippen molar-refractivity contribution in [3.8, 4) is 11.1 Å². The Morgan fingerprint density at radius 3 is 2.00 bits per heavy atom. The molecule has 0 spiro atoms. The molecule has 258 valence electrons. The van der Waals surface area contributed by atoms with Crippen LogP contribution in [-0.2, 0) is 16.0 Å². The first-order chi connectivity index (χ1) is 25.4. The van der Waals surface area contributed by atoms with Crippen LogP contribution < -0.4 is 16.0 Å². The van der Waals surface area contributed by atoms with Gasteiger partial charge >= 0.3 is 0 Å². The van der Waals surface area contributed by atoms with Gasteiger partial charge in [0.15, 0.2) is 0 Å². The molecule has 0 aliphatic heterocycles. The van der Waals surface area contributed by atoms with Gasteiger partial charge in [0.2, 0.25) is 5.91 Å². The molecule has 0 aliphatic carbocycles. The summed E-state index contributed by atoms with van der Waals surface area (Å²) >= 11 is 1.40. The SMILES string of the molecule is CCc1cccc(C)c1NC(=O)C(Sc1cccc(NC(=O)/C(=C\c2ccc(-c3ccccc3)cc2)NC(=O)c2ccccc2)c1)c1ccccc1. The molecule has 3 N–H and O–H groups in total. The Balaban J connectivity index is 1.25. The number of nitrogens with one attached hydrogen (secondary N) is 3. The number of para-hydroxylation sites is 1. The van der Waals surface area contributed by atoms with Gasteiger partial charge in [-0.25, -0.2) is 0 Å². The van der Waals surface area contributed by atoms with Crippen LogP contribution in [-0.4, -0.2) is 17.7 Å². The van der Waals surface area contributed by atoms with Gasteiger partial charge in [-0.15, -0.1) is 11.8 Å². The molecule has 0 aromatic heterocycles. The molecule has 7 heteroatoms. The summed E-state index contributed by atoms with van der Waals surface area (Å²) in [5.74, 6) is -1.02. The van der Waals surface area contributed by atoms with Crippen molar-refractivity contribution in [2.45, 2.75) is 30.4 Å². The van der Waals surface area contributed by atoms with Crippen molar-refractivity contribution in [2.24, 2.45) is 0 Å². The highest BCUT2D eigenvalue weighted by atomic mass is 32.2. The number of carbonyl (C=O) groups excluding carboxylic acids is 3. The van der Waals surface area contributed by atoms with E-state index in [4.69, 9.17) is 0 Å². The van der Waals surface area contributed by atoms with Crippen molar-refractivity contribution in [3.05, 3.63) is 191 Å². The topological polar surface area (TPSA) is 87.3 Å². The lowest BCUT2D eigenvalue weighted by Crippen LogP contribution is -2.30. The Labute approximate surface area is 309 Å². The first-order valence-electron chi connectivity index (χ1n) is 17.1. The predicted molar refractivity (Wildman–Crippen MR) is 213 cm³/mol. The summed E-state index contributed by atoms with van der Waals surface area (Å²) in [6, 6.07) is 49.7. The fourth-order valence-corrected chi connectivity index (χ4v) is 6.87. The van der Waals surface area contributed by atoms with E-state index >= 15 is 0 Å². The highest BCUT2D eigenvalue weighted by Crippen LogP contribution is 2.38. The standard InChI is InChI=1S/C45H39N3O3S/c1-3-33-22-13-15-31(2)41(33)48-45(51)42(36-18-9-5-10-19-36)52-39-24-14-23-38(30-39)46-44(50)40(47-43(49)37-20-11-6-12-21-37)29-32-25-27-35(28-26-32)34-16-7-4-8-17-34/h4-30,42H,3H2,1-2H3,(H,46,50)(H,47,49)(H,48,51)/b40-29+. The molecule has 6 nitrogen and oxygen atoms in total. The largest absolute Gasteiger partial charge is 0.324 e. The zero-order valence-electron chi connectivity index (χ0n) is 29.0. The minimum absolute atomic E-state index is 0.0888. The molecule has 1 atom stereocenters. The number of aryl methyl sites for hydroxylation is 2. The van der Waals surface area contributed by atoms with E-state index in [0.29, 0.717) is 11.3 Å². The predicted octanol–water partition coefficient (Wildman–Crippen LogP) is 10.1. The van der Waals surface area contributed by atoms with Crippen LogP contribution in [0.25, 0.3) is 17.2 Å². The molecule has 0 radical (unpaired) electrons. The van der Waals surface area contributed by atoms with E-state index in [9.17, 15) is 14.4 Å². The van der Waals surface area contributed by atoms with Gasteiger partial charge in [0, 0.05) is 21.8 Å². The Morgan fingerprint density at radius 2 is 1.31 bits per heavy atom. The van der Waals surface area contributed by atoms with E-state index in [-0.39, 0.29) is 11.6 Å². The zero-order valence-corrected chi connectivity index (χ0v) is 29.8. The smallest absolute Gasteiger partial charge is 0.272 e. The molecule has 6 aromatic carbocycles. The number of hydrogen-bond acceptors (Lipinski definition) is 4. The Bertz CT molecular complexity index is 2190. The Hall–Kier alpha value is -6.18. The number of hydrogen-bond donors (Lipinski definition) is 3. The normalized spacial score (nSPS) is 11.7. The molecule has 0 heterocycles. The Kier molecular flexibility index (Phi) is 11.8. The van der Waals surface area contributed by atoms with E-state index in [1.807, 2.05) is 134 Å². The van der Waals surface area contributed by atoms with Gasteiger partial charge in [-0.2, -0.15) is 0 Å². The molecular formula is C45H39N3O3S. The third-order valence-electron chi connectivity index (χ3n) is 8.53. The third kappa shape index (κ3) is 9.13. The summed E-state index contributed by atoms with van der Waals surface area (Å²) in [7, 11) is 0. The first-order valence-corrected chi connectivity index (χ1v) is 18.0. The number of anilines is 2. The summed E-state index contributed by atoms with van der Waals surface area (Å²) in [6.07, 6.45) is 2.46. The second-order valence-electron chi connectivity index (χ2n) is 12.2. The Morgan fingerprint density at radius 1 is 0.673 bits per heavy atom. The fraction of sp³-hybridized carbons (Fsp3) is 0.0889. The molecule has 1 unspecified atom stereocenters.